The molecule has 0 heterocycles. The molecule has 0 amide bonds. The summed E-state index contributed by atoms with van der Waals surface area (Å²) in [5.41, 5.74) is 10.8. The molecule has 1 aromatic carbocycles. The average Bonchev–Trinajstić information content (AvgIpc) is 2.23. The molecule has 0 saturated heterocycles. The fraction of sp³-hybridized carbons (Fsp3) is 0.300. The molecule has 1 aromatic rings. The van der Waals surface area contributed by atoms with Crippen molar-refractivity contribution in [3.05, 3.63) is 29.3 Å². The minimum Gasteiger partial charge on any atom is -0.468 e. The lowest BCUT2D eigenvalue weighted by atomic mass is 10.0. The van der Waals surface area contributed by atoms with Crippen LogP contribution in [-0.4, -0.2) is 19.1 Å². The summed E-state index contributed by atoms with van der Waals surface area (Å²) in [7, 11) is 1.18. The highest BCUT2D eigenvalue weighted by atomic mass is 19.1. The van der Waals surface area contributed by atoms with E-state index in [-0.39, 0.29) is 17.7 Å². The van der Waals surface area contributed by atoms with Gasteiger partial charge in [-0.25, -0.2) is 8.78 Å². The van der Waals surface area contributed by atoms with E-state index in [2.05, 4.69) is 4.74 Å². The van der Waals surface area contributed by atoms with Gasteiger partial charge in [0.2, 0.25) is 0 Å². The second-order valence-electron chi connectivity index (χ2n) is 3.29. The Hall–Kier alpha value is -1.69. The third kappa shape index (κ3) is 2.66. The van der Waals surface area contributed by atoms with Crippen LogP contribution in [0, 0.1) is 11.6 Å². The summed E-state index contributed by atoms with van der Waals surface area (Å²) in [6.07, 6.45) is -0.0762. The van der Waals surface area contributed by atoms with Gasteiger partial charge in [0.25, 0.3) is 0 Å². The van der Waals surface area contributed by atoms with E-state index in [4.69, 9.17) is 11.5 Å². The van der Waals surface area contributed by atoms with Crippen molar-refractivity contribution >= 4 is 11.7 Å². The molecule has 1 rings (SSSR count). The largest absolute Gasteiger partial charge is 0.468 e. The molecule has 0 aliphatic heterocycles. The number of hydrogen-bond donors (Lipinski definition) is 2. The van der Waals surface area contributed by atoms with Gasteiger partial charge in [-0.1, -0.05) is 0 Å². The molecule has 0 aromatic heterocycles. The number of nitrogens with two attached hydrogens (primary N) is 2. The summed E-state index contributed by atoms with van der Waals surface area (Å²) in [6.45, 7) is 0. The number of esters is 1. The van der Waals surface area contributed by atoms with Gasteiger partial charge in [-0.3, -0.25) is 4.79 Å². The van der Waals surface area contributed by atoms with Crippen LogP contribution < -0.4 is 11.5 Å². The zero-order valence-corrected chi connectivity index (χ0v) is 8.67. The van der Waals surface area contributed by atoms with Crippen LogP contribution >= 0.6 is 0 Å². The Morgan fingerprint density at radius 2 is 2.12 bits per heavy atom. The van der Waals surface area contributed by atoms with Gasteiger partial charge >= 0.3 is 5.97 Å². The zero-order valence-electron chi connectivity index (χ0n) is 8.67. The van der Waals surface area contributed by atoms with Crippen molar-refractivity contribution in [1.82, 2.24) is 0 Å². The highest BCUT2D eigenvalue weighted by molar-refractivity contribution is 5.76. The summed E-state index contributed by atoms with van der Waals surface area (Å²) in [5, 5.41) is 0. The van der Waals surface area contributed by atoms with E-state index < -0.39 is 23.6 Å². The van der Waals surface area contributed by atoms with Crippen LogP contribution in [0.1, 0.15) is 5.56 Å². The van der Waals surface area contributed by atoms with Crippen molar-refractivity contribution < 1.29 is 18.3 Å². The lowest BCUT2D eigenvalue weighted by Gasteiger charge is -2.11. The Balaban J connectivity index is 2.93. The first-order valence-corrected chi connectivity index (χ1v) is 4.52. The predicted octanol–water partition coefficient (Wildman–Crippen LogP) is 0.590. The van der Waals surface area contributed by atoms with E-state index in [1.165, 1.54) is 7.11 Å². The quantitative estimate of drug-likeness (QED) is 0.588. The summed E-state index contributed by atoms with van der Waals surface area (Å²) in [5.74, 6) is -2.30. The minimum absolute atomic E-state index is 0.0762. The third-order valence-electron chi connectivity index (χ3n) is 2.12. The number of benzene rings is 1. The standard InChI is InChI=1S/C10H12F2N2O2/c1-16-10(15)8(13)3-5-2-6(11)4-7(12)9(5)14/h2,4,8H,3,13-14H2,1H3/t8-/m1/s1. The van der Waals surface area contributed by atoms with E-state index in [0.29, 0.717) is 6.07 Å². The Labute approximate surface area is 91.2 Å². The van der Waals surface area contributed by atoms with E-state index in [9.17, 15) is 13.6 Å². The molecule has 0 saturated carbocycles. The first-order chi connectivity index (χ1) is 7.45. The Morgan fingerprint density at radius 3 is 2.69 bits per heavy atom. The molecular weight excluding hydrogens is 218 g/mol. The summed E-state index contributed by atoms with van der Waals surface area (Å²) in [4.78, 5) is 11.0. The predicted molar refractivity (Wildman–Crippen MR) is 54.5 cm³/mol. The van der Waals surface area contributed by atoms with Crippen molar-refractivity contribution in [3.63, 3.8) is 0 Å². The molecular formula is C10H12F2N2O2. The molecule has 0 aliphatic rings. The molecule has 0 fully saturated rings. The lowest BCUT2D eigenvalue weighted by molar-refractivity contribution is -0.142. The second-order valence-corrected chi connectivity index (χ2v) is 3.29. The molecule has 0 aliphatic carbocycles. The second kappa shape index (κ2) is 4.89. The van der Waals surface area contributed by atoms with Gasteiger partial charge in [0.05, 0.1) is 12.8 Å². The highest BCUT2D eigenvalue weighted by Crippen LogP contribution is 2.19. The van der Waals surface area contributed by atoms with Gasteiger partial charge in [-0.2, -0.15) is 0 Å². The van der Waals surface area contributed by atoms with E-state index in [1.54, 1.807) is 0 Å². The Morgan fingerprint density at radius 1 is 1.50 bits per heavy atom. The first-order valence-electron chi connectivity index (χ1n) is 4.52. The molecule has 0 radical (unpaired) electrons. The monoisotopic (exact) mass is 230 g/mol. The number of hydrogen-bond acceptors (Lipinski definition) is 4. The van der Waals surface area contributed by atoms with E-state index in [1.807, 2.05) is 0 Å². The fourth-order valence-electron chi connectivity index (χ4n) is 1.28. The van der Waals surface area contributed by atoms with Crippen molar-refractivity contribution in [2.24, 2.45) is 5.73 Å². The Kier molecular flexibility index (Phi) is 3.78. The number of ether oxygens (including phenoxy) is 1. The summed E-state index contributed by atoms with van der Waals surface area (Å²) in [6, 6.07) is 0.720. The molecule has 16 heavy (non-hydrogen) atoms. The third-order valence-corrected chi connectivity index (χ3v) is 2.12. The smallest absolute Gasteiger partial charge is 0.322 e. The van der Waals surface area contributed by atoms with Gasteiger partial charge in [0, 0.05) is 12.5 Å². The minimum atomic E-state index is -0.992. The Bertz CT molecular complexity index is 410. The average molecular weight is 230 g/mol. The van der Waals surface area contributed by atoms with Crippen molar-refractivity contribution in [1.29, 1.82) is 0 Å². The maximum absolute atomic E-state index is 13.1. The molecule has 88 valence electrons. The molecule has 4 nitrogen and oxygen atoms in total. The highest BCUT2D eigenvalue weighted by Gasteiger charge is 2.17. The SMILES string of the molecule is COC(=O)[C@H](N)Cc1cc(F)cc(F)c1N. The van der Waals surface area contributed by atoms with Crippen LogP contribution in [0.2, 0.25) is 0 Å². The van der Waals surface area contributed by atoms with Gasteiger partial charge in [-0.15, -0.1) is 0 Å². The van der Waals surface area contributed by atoms with Crippen molar-refractivity contribution in [2.75, 3.05) is 12.8 Å². The van der Waals surface area contributed by atoms with Gasteiger partial charge in [-0.05, 0) is 11.6 Å². The van der Waals surface area contributed by atoms with Gasteiger partial charge in [0.15, 0.2) is 0 Å². The maximum Gasteiger partial charge on any atom is 0.322 e. The van der Waals surface area contributed by atoms with Crippen molar-refractivity contribution in [2.45, 2.75) is 12.5 Å². The van der Waals surface area contributed by atoms with Crippen LogP contribution in [0.5, 0.6) is 0 Å². The number of carbonyl (C=O) groups is 1. The van der Waals surface area contributed by atoms with Crippen LogP contribution in [0.4, 0.5) is 14.5 Å². The van der Waals surface area contributed by atoms with Crippen LogP contribution in [-0.2, 0) is 16.0 Å². The number of methoxy groups -OCH3 is 1. The molecule has 1 atom stereocenters. The maximum atomic E-state index is 13.1. The number of anilines is 1. The van der Waals surface area contributed by atoms with Crippen molar-refractivity contribution in [3.8, 4) is 0 Å². The molecule has 6 heteroatoms. The zero-order chi connectivity index (χ0) is 12.3. The molecule has 0 bridgehead atoms. The van der Waals surface area contributed by atoms with E-state index >= 15 is 0 Å². The van der Waals surface area contributed by atoms with Crippen LogP contribution in [0.15, 0.2) is 12.1 Å². The first kappa shape index (κ1) is 12.4. The summed E-state index contributed by atoms with van der Waals surface area (Å²) >= 11 is 0. The van der Waals surface area contributed by atoms with Crippen LogP contribution in [0.3, 0.4) is 0 Å². The number of nitrogen functional groups attached to an aromatic ring is 1. The number of rotatable bonds is 3. The number of halogens is 2. The van der Waals surface area contributed by atoms with Gasteiger partial charge in [0.1, 0.15) is 17.7 Å². The molecule has 0 unspecified atom stereocenters. The summed E-state index contributed by atoms with van der Waals surface area (Å²) < 4.78 is 30.3. The number of carbonyl (C=O) groups excluding carboxylic acids is 1. The van der Waals surface area contributed by atoms with Gasteiger partial charge < -0.3 is 16.2 Å². The van der Waals surface area contributed by atoms with E-state index in [0.717, 1.165) is 6.07 Å². The molecule has 0 spiro atoms. The van der Waals surface area contributed by atoms with Crippen LogP contribution in [0.25, 0.3) is 0 Å². The fourth-order valence-corrected chi connectivity index (χ4v) is 1.28. The topological polar surface area (TPSA) is 78.3 Å². The lowest BCUT2D eigenvalue weighted by Crippen LogP contribution is -2.34. The molecule has 4 N–H and O–H groups in total. The normalized spacial score (nSPS) is 12.2.